The maximum atomic E-state index is 11.8. The molecule has 2 N–H and O–H groups in total. The van der Waals surface area contributed by atoms with Crippen LogP contribution in [0.3, 0.4) is 0 Å². The van der Waals surface area contributed by atoms with E-state index in [0.717, 1.165) is 19.4 Å². The molecule has 2 rings (SSSR count). The SMILES string of the molecule is CNCC1(C(=O)NC2CCC2)CC1. The first-order chi connectivity index (χ1) is 6.27. The molecule has 0 aromatic rings. The first kappa shape index (κ1) is 9.00. The summed E-state index contributed by atoms with van der Waals surface area (Å²) in [5, 5.41) is 6.22. The highest BCUT2D eigenvalue weighted by molar-refractivity contribution is 5.85. The van der Waals surface area contributed by atoms with Crippen LogP contribution in [0.2, 0.25) is 0 Å². The maximum absolute atomic E-state index is 11.8. The van der Waals surface area contributed by atoms with E-state index >= 15 is 0 Å². The fourth-order valence-electron chi connectivity index (χ4n) is 1.86. The molecule has 2 saturated carbocycles. The lowest BCUT2D eigenvalue weighted by Crippen LogP contribution is -2.45. The fourth-order valence-corrected chi connectivity index (χ4v) is 1.86. The Balaban J connectivity index is 1.81. The number of rotatable bonds is 4. The van der Waals surface area contributed by atoms with Crippen molar-refractivity contribution in [2.24, 2.45) is 5.41 Å². The highest BCUT2D eigenvalue weighted by Crippen LogP contribution is 2.45. The van der Waals surface area contributed by atoms with E-state index in [1.807, 2.05) is 7.05 Å². The van der Waals surface area contributed by atoms with Crippen molar-refractivity contribution in [2.45, 2.75) is 38.1 Å². The van der Waals surface area contributed by atoms with Gasteiger partial charge < -0.3 is 10.6 Å². The first-order valence-electron chi connectivity index (χ1n) is 5.22. The minimum atomic E-state index is -0.0374. The normalized spacial score (nSPS) is 25.0. The topological polar surface area (TPSA) is 41.1 Å². The van der Waals surface area contributed by atoms with Gasteiger partial charge in [-0.2, -0.15) is 0 Å². The van der Waals surface area contributed by atoms with Gasteiger partial charge in [0, 0.05) is 12.6 Å². The van der Waals surface area contributed by atoms with E-state index in [0.29, 0.717) is 6.04 Å². The van der Waals surface area contributed by atoms with Crippen molar-refractivity contribution in [1.29, 1.82) is 0 Å². The maximum Gasteiger partial charge on any atom is 0.227 e. The first-order valence-corrected chi connectivity index (χ1v) is 5.22. The van der Waals surface area contributed by atoms with Gasteiger partial charge in [0.2, 0.25) is 5.91 Å². The van der Waals surface area contributed by atoms with Crippen molar-refractivity contribution < 1.29 is 4.79 Å². The van der Waals surface area contributed by atoms with Crippen LogP contribution in [0.25, 0.3) is 0 Å². The molecule has 0 atom stereocenters. The molecule has 0 aromatic heterocycles. The second-order valence-electron chi connectivity index (χ2n) is 4.41. The second kappa shape index (κ2) is 3.29. The van der Waals surface area contributed by atoms with Crippen molar-refractivity contribution >= 4 is 5.91 Å². The molecule has 0 spiro atoms. The van der Waals surface area contributed by atoms with Crippen molar-refractivity contribution in [1.82, 2.24) is 10.6 Å². The van der Waals surface area contributed by atoms with Gasteiger partial charge in [-0.25, -0.2) is 0 Å². The van der Waals surface area contributed by atoms with Crippen molar-refractivity contribution in [3.8, 4) is 0 Å². The van der Waals surface area contributed by atoms with Crippen LogP contribution in [0, 0.1) is 5.41 Å². The number of carbonyl (C=O) groups is 1. The van der Waals surface area contributed by atoms with Crippen LogP contribution in [0.4, 0.5) is 0 Å². The van der Waals surface area contributed by atoms with Gasteiger partial charge in [-0.3, -0.25) is 4.79 Å². The van der Waals surface area contributed by atoms with E-state index in [2.05, 4.69) is 10.6 Å². The summed E-state index contributed by atoms with van der Waals surface area (Å²) in [6.45, 7) is 0.839. The summed E-state index contributed by atoms with van der Waals surface area (Å²) < 4.78 is 0. The second-order valence-corrected chi connectivity index (χ2v) is 4.41. The van der Waals surface area contributed by atoms with Gasteiger partial charge in [0.1, 0.15) is 0 Å². The Morgan fingerprint density at radius 2 is 2.15 bits per heavy atom. The molecule has 2 aliphatic carbocycles. The Morgan fingerprint density at radius 3 is 2.54 bits per heavy atom. The molecule has 0 unspecified atom stereocenters. The van der Waals surface area contributed by atoms with Crippen LogP contribution in [-0.2, 0) is 4.79 Å². The zero-order valence-corrected chi connectivity index (χ0v) is 8.23. The Kier molecular flexibility index (Phi) is 2.28. The van der Waals surface area contributed by atoms with Crippen molar-refractivity contribution in [3.63, 3.8) is 0 Å². The van der Waals surface area contributed by atoms with Gasteiger partial charge in [-0.15, -0.1) is 0 Å². The van der Waals surface area contributed by atoms with Crippen molar-refractivity contribution in [3.05, 3.63) is 0 Å². The molecule has 13 heavy (non-hydrogen) atoms. The molecule has 0 saturated heterocycles. The summed E-state index contributed by atoms with van der Waals surface area (Å²) in [7, 11) is 1.91. The van der Waals surface area contributed by atoms with E-state index in [-0.39, 0.29) is 11.3 Å². The van der Waals surface area contributed by atoms with Crippen LogP contribution in [0.15, 0.2) is 0 Å². The highest BCUT2D eigenvalue weighted by atomic mass is 16.2. The standard InChI is InChI=1S/C10H18N2O/c1-11-7-10(5-6-10)9(13)12-8-3-2-4-8/h8,11H,2-7H2,1H3,(H,12,13). The molecule has 0 heterocycles. The molecule has 2 aliphatic rings. The summed E-state index contributed by atoms with van der Waals surface area (Å²) in [4.78, 5) is 11.8. The molecule has 0 bridgehead atoms. The summed E-state index contributed by atoms with van der Waals surface area (Å²) >= 11 is 0. The summed E-state index contributed by atoms with van der Waals surface area (Å²) in [5.41, 5.74) is -0.0374. The van der Waals surface area contributed by atoms with Crippen LogP contribution in [-0.4, -0.2) is 25.5 Å². The van der Waals surface area contributed by atoms with Crippen molar-refractivity contribution in [2.75, 3.05) is 13.6 Å². The Hall–Kier alpha value is -0.570. The summed E-state index contributed by atoms with van der Waals surface area (Å²) in [6.07, 6.45) is 5.77. The molecule has 2 fully saturated rings. The van der Waals surface area contributed by atoms with E-state index < -0.39 is 0 Å². The highest BCUT2D eigenvalue weighted by Gasteiger charge is 2.49. The molecule has 3 heteroatoms. The molecule has 1 amide bonds. The molecule has 3 nitrogen and oxygen atoms in total. The predicted octanol–water partition coefficient (Wildman–Crippen LogP) is 0.655. The van der Waals surface area contributed by atoms with Gasteiger partial charge in [0.05, 0.1) is 5.41 Å². The van der Waals surface area contributed by atoms with Crippen LogP contribution in [0.1, 0.15) is 32.1 Å². The number of amides is 1. The Labute approximate surface area is 79.3 Å². The van der Waals surface area contributed by atoms with Crippen LogP contribution in [0.5, 0.6) is 0 Å². The lowest BCUT2D eigenvalue weighted by Gasteiger charge is -2.28. The van der Waals surface area contributed by atoms with E-state index in [1.54, 1.807) is 0 Å². The molecular formula is C10H18N2O. The van der Waals surface area contributed by atoms with Crippen LogP contribution < -0.4 is 10.6 Å². The van der Waals surface area contributed by atoms with E-state index in [9.17, 15) is 4.79 Å². The van der Waals surface area contributed by atoms with Gasteiger partial charge in [0.25, 0.3) is 0 Å². The zero-order valence-electron chi connectivity index (χ0n) is 8.23. The number of hydrogen-bond donors (Lipinski definition) is 2. The molecule has 74 valence electrons. The largest absolute Gasteiger partial charge is 0.353 e. The van der Waals surface area contributed by atoms with Gasteiger partial charge in [0.15, 0.2) is 0 Å². The molecule has 0 aromatic carbocycles. The van der Waals surface area contributed by atoms with Gasteiger partial charge in [-0.05, 0) is 39.2 Å². The van der Waals surface area contributed by atoms with Gasteiger partial charge >= 0.3 is 0 Å². The molecular weight excluding hydrogens is 164 g/mol. The third-order valence-corrected chi connectivity index (χ3v) is 3.29. The fraction of sp³-hybridized carbons (Fsp3) is 0.900. The average molecular weight is 182 g/mol. The minimum absolute atomic E-state index is 0.0374. The Morgan fingerprint density at radius 1 is 1.46 bits per heavy atom. The quantitative estimate of drug-likeness (QED) is 0.670. The summed E-state index contributed by atoms with van der Waals surface area (Å²) in [5.74, 6) is 0.284. The van der Waals surface area contributed by atoms with Gasteiger partial charge in [-0.1, -0.05) is 0 Å². The third kappa shape index (κ3) is 1.70. The van der Waals surface area contributed by atoms with Crippen LogP contribution >= 0.6 is 0 Å². The molecule has 0 radical (unpaired) electrons. The zero-order chi connectivity index (χ0) is 9.31. The lowest BCUT2D eigenvalue weighted by atomic mass is 9.92. The summed E-state index contributed by atoms with van der Waals surface area (Å²) in [6, 6.07) is 0.488. The lowest BCUT2D eigenvalue weighted by molar-refractivity contribution is -0.127. The number of hydrogen-bond acceptors (Lipinski definition) is 2. The van der Waals surface area contributed by atoms with E-state index in [1.165, 1.54) is 19.3 Å². The third-order valence-electron chi connectivity index (χ3n) is 3.29. The predicted molar refractivity (Wildman–Crippen MR) is 51.4 cm³/mol. The molecule has 0 aliphatic heterocycles. The monoisotopic (exact) mass is 182 g/mol. The minimum Gasteiger partial charge on any atom is -0.353 e. The average Bonchev–Trinajstić information content (AvgIpc) is 2.78. The number of nitrogens with one attached hydrogen (secondary N) is 2. The van der Waals surface area contributed by atoms with E-state index in [4.69, 9.17) is 0 Å². The Bertz CT molecular complexity index is 207. The smallest absolute Gasteiger partial charge is 0.227 e. The number of carbonyl (C=O) groups excluding carboxylic acids is 1.